The zero-order valence-electron chi connectivity index (χ0n) is 12.0. The van der Waals surface area contributed by atoms with Gasteiger partial charge in [0.05, 0.1) is 11.4 Å². The highest BCUT2D eigenvalue weighted by molar-refractivity contribution is 5.79. The Morgan fingerprint density at radius 1 is 1.09 bits per heavy atom. The summed E-state index contributed by atoms with van der Waals surface area (Å²) in [6.45, 7) is 1.94. The average molecular weight is 293 g/mol. The molecule has 0 fully saturated rings. The van der Waals surface area contributed by atoms with Crippen LogP contribution in [0.5, 0.6) is 11.5 Å². The molecule has 5 heteroatoms. The van der Waals surface area contributed by atoms with Crippen LogP contribution in [0.4, 0.5) is 5.69 Å². The molecular weight excluding hydrogens is 278 g/mol. The number of nitrogens with zero attached hydrogens (tertiary/aromatic N) is 2. The SMILES string of the molecule is Cc1cc2n(n1)C(c1cccc(O)c1O)Nc1ccccc1-2. The lowest BCUT2D eigenvalue weighted by Crippen LogP contribution is -2.25. The van der Waals surface area contributed by atoms with Crippen molar-refractivity contribution in [1.29, 1.82) is 0 Å². The molecule has 0 bridgehead atoms. The van der Waals surface area contributed by atoms with Crippen LogP contribution in [0.3, 0.4) is 0 Å². The van der Waals surface area contributed by atoms with Gasteiger partial charge < -0.3 is 15.5 Å². The molecule has 1 aliphatic rings. The summed E-state index contributed by atoms with van der Waals surface area (Å²) in [5.41, 5.74) is 4.51. The predicted octanol–water partition coefficient (Wildman–Crippen LogP) is 3.24. The Hall–Kier alpha value is -2.95. The Labute approximate surface area is 127 Å². The van der Waals surface area contributed by atoms with Gasteiger partial charge in [-0.15, -0.1) is 0 Å². The molecule has 2 heterocycles. The van der Waals surface area contributed by atoms with Gasteiger partial charge in [-0.05, 0) is 25.1 Å². The van der Waals surface area contributed by atoms with Gasteiger partial charge in [0.1, 0.15) is 0 Å². The second-order valence-corrected chi connectivity index (χ2v) is 5.42. The fourth-order valence-electron chi connectivity index (χ4n) is 2.93. The largest absolute Gasteiger partial charge is 0.504 e. The minimum atomic E-state index is -0.370. The smallest absolute Gasteiger partial charge is 0.164 e. The molecule has 2 aromatic carbocycles. The summed E-state index contributed by atoms with van der Waals surface area (Å²) < 4.78 is 1.84. The molecule has 110 valence electrons. The third kappa shape index (κ3) is 1.75. The first kappa shape index (κ1) is 12.8. The number of hydrogen-bond acceptors (Lipinski definition) is 4. The van der Waals surface area contributed by atoms with E-state index in [0.717, 1.165) is 22.6 Å². The maximum absolute atomic E-state index is 10.2. The van der Waals surface area contributed by atoms with Gasteiger partial charge in [0, 0.05) is 16.8 Å². The van der Waals surface area contributed by atoms with Crippen LogP contribution in [0, 0.1) is 6.92 Å². The van der Waals surface area contributed by atoms with Crippen molar-refractivity contribution in [3.8, 4) is 22.8 Å². The highest BCUT2D eigenvalue weighted by Gasteiger charge is 2.28. The van der Waals surface area contributed by atoms with Gasteiger partial charge in [-0.25, -0.2) is 4.68 Å². The van der Waals surface area contributed by atoms with E-state index in [1.54, 1.807) is 12.1 Å². The Morgan fingerprint density at radius 3 is 2.77 bits per heavy atom. The Kier molecular flexibility index (Phi) is 2.63. The van der Waals surface area contributed by atoms with Crippen molar-refractivity contribution in [1.82, 2.24) is 9.78 Å². The Bertz CT molecular complexity index is 870. The van der Waals surface area contributed by atoms with Crippen LogP contribution in [0.1, 0.15) is 17.4 Å². The molecule has 4 rings (SSSR count). The number of rotatable bonds is 1. The fourth-order valence-corrected chi connectivity index (χ4v) is 2.93. The van der Waals surface area contributed by atoms with E-state index in [1.165, 1.54) is 6.07 Å². The van der Waals surface area contributed by atoms with Crippen LogP contribution < -0.4 is 5.32 Å². The fraction of sp³-hybridized carbons (Fsp3) is 0.118. The topological polar surface area (TPSA) is 70.3 Å². The number of hydrogen-bond donors (Lipinski definition) is 3. The molecule has 0 amide bonds. The van der Waals surface area contributed by atoms with Crippen molar-refractivity contribution in [2.24, 2.45) is 0 Å². The molecule has 3 aromatic rings. The highest BCUT2D eigenvalue weighted by atomic mass is 16.3. The molecule has 1 atom stereocenters. The van der Waals surface area contributed by atoms with Crippen molar-refractivity contribution < 1.29 is 10.2 Å². The van der Waals surface area contributed by atoms with E-state index in [1.807, 2.05) is 41.9 Å². The summed E-state index contributed by atoms with van der Waals surface area (Å²) in [5.74, 6) is -0.262. The molecule has 0 aliphatic carbocycles. The van der Waals surface area contributed by atoms with Crippen LogP contribution in [0.25, 0.3) is 11.3 Å². The first-order valence-corrected chi connectivity index (χ1v) is 7.08. The van der Waals surface area contributed by atoms with Gasteiger partial charge in [-0.1, -0.05) is 30.3 Å². The minimum Gasteiger partial charge on any atom is -0.504 e. The van der Waals surface area contributed by atoms with E-state index < -0.39 is 0 Å². The normalized spacial score (nSPS) is 15.8. The van der Waals surface area contributed by atoms with Gasteiger partial charge in [0.15, 0.2) is 17.7 Å². The molecular formula is C17H15N3O2. The number of aromatic hydroxyl groups is 2. The van der Waals surface area contributed by atoms with E-state index >= 15 is 0 Å². The lowest BCUT2D eigenvalue weighted by atomic mass is 10.0. The number of aryl methyl sites for hydroxylation is 1. The number of aromatic nitrogens is 2. The van der Waals surface area contributed by atoms with E-state index in [0.29, 0.717) is 5.56 Å². The lowest BCUT2D eigenvalue weighted by Gasteiger charge is -2.29. The zero-order chi connectivity index (χ0) is 15.3. The summed E-state index contributed by atoms with van der Waals surface area (Å²) >= 11 is 0. The monoisotopic (exact) mass is 293 g/mol. The number of nitrogens with one attached hydrogen (secondary N) is 1. The molecule has 5 nitrogen and oxygen atoms in total. The summed E-state index contributed by atoms with van der Waals surface area (Å²) in [6.07, 6.45) is -0.370. The third-order valence-corrected chi connectivity index (χ3v) is 3.94. The molecule has 3 N–H and O–H groups in total. The Morgan fingerprint density at radius 2 is 1.91 bits per heavy atom. The predicted molar refractivity (Wildman–Crippen MR) is 83.9 cm³/mol. The Balaban J connectivity index is 1.94. The number of para-hydroxylation sites is 2. The lowest BCUT2D eigenvalue weighted by molar-refractivity contribution is 0.392. The zero-order valence-corrected chi connectivity index (χ0v) is 12.0. The molecule has 0 saturated carbocycles. The maximum atomic E-state index is 10.2. The molecule has 22 heavy (non-hydrogen) atoms. The number of benzene rings is 2. The van der Waals surface area contributed by atoms with Crippen molar-refractivity contribution >= 4 is 5.69 Å². The maximum Gasteiger partial charge on any atom is 0.164 e. The van der Waals surface area contributed by atoms with Crippen molar-refractivity contribution in [3.05, 3.63) is 59.8 Å². The molecule has 1 aromatic heterocycles. The number of phenols is 2. The number of fused-ring (bicyclic) bond motifs is 3. The second-order valence-electron chi connectivity index (χ2n) is 5.42. The standard InChI is InChI=1S/C17H15N3O2/c1-10-9-14-11-5-2-3-7-13(11)18-17(20(14)19-10)12-6-4-8-15(21)16(12)22/h2-9,17-18,21-22H,1H3. The van der Waals surface area contributed by atoms with Crippen LogP contribution in [0.15, 0.2) is 48.5 Å². The second kappa shape index (κ2) is 4.53. The van der Waals surface area contributed by atoms with Crippen molar-refractivity contribution in [3.63, 3.8) is 0 Å². The van der Waals surface area contributed by atoms with Crippen LogP contribution in [-0.2, 0) is 0 Å². The average Bonchev–Trinajstić information content (AvgIpc) is 2.91. The minimum absolute atomic E-state index is 0.126. The van der Waals surface area contributed by atoms with E-state index in [9.17, 15) is 10.2 Å². The summed E-state index contributed by atoms with van der Waals surface area (Å²) in [5, 5.41) is 27.9. The first-order valence-electron chi connectivity index (χ1n) is 7.08. The molecule has 0 spiro atoms. The molecule has 0 saturated heterocycles. The van der Waals surface area contributed by atoms with Crippen LogP contribution >= 0.6 is 0 Å². The highest BCUT2D eigenvalue weighted by Crippen LogP contribution is 2.42. The van der Waals surface area contributed by atoms with E-state index in [2.05, 4.69) is 10.4 Å². The van der Waals surface area contributed by atoms with Gasteiger partial charge >= 0.3 is 0 Å². The van der Waals surface area contributed by atoms with Gasteiger partial charge in [0.25, 0.3) is 0 Å². The van der Waals surface area contributed by atoms with Crippen LogP contribution in [-0.4, -0.2) is 20.0 Å². The van der Waals surface area contributed by atoms with Crippen LogP contribution in [0.2, 0.25) is 0 Å². The van der Waals surface area contributed by atoms with Crippen molar-refractivity contribution in [2.75, 3.05) is 5.32 Å². The molecule has 1 aliphatic heterocycles. The third-order valence-electron chi connectivity index (χ3n) is 3.94. The molecule has 0 radical (unpaired) electrons. The van der Waals surface area contributed by atoms with Gasteiger partial charge in [-0.3, -0.25) is 0 Å². The van der Waals surface area contributed by atoms with Gasteiger partial charge in [-0.2, -0.15) is 5.10 Å². The summed E-state index contributed by atoms with van der Waals surface area (Å²) in [4.78, 5) is 0. The first-order chi connectivity index (χ1) is 10.6. The van der Waals surface area contributed by atoms with E-state index in [-0.39, 0.29) is 17.7 Å². The van der Waals surface area contributed by atoms with Gasteiger partial charge in [0.2, 0.25) is 0 Å². The number of phenolic OH excluding ortho intramolecular Hbond substituents is 2. The van der Waals surface area contributed by atoms with E-state index in [4.69, 9.17) is 0 Å². The number of anilines is 1. The quantitative estimate of drug-likeness (QED) is 0.602. The summed E-state index contributed by atoms with van der Waals surface area (Å²) in [7, 11) is 0. The molecule has 1 unspecified atom stereocenters. The van der Waals surface area contributed by atoms with Crippen molar-refractivity contribution in [2.45, 2.75) is 13.1 Å². The summed E-state index contributed by atoms with van der Waals surface area (Å²) in [6, 6.07) is 15.0.